The van der Waals surface area contributed by atoms with Gasteiger partial charge in [0.25, 0.3) is 5.56 Å². The summed E-state index contributed by atoms with van der Waals surface area (Å²) in [6.07, 6.45) is 6.46. The van der Waals surface area contributed by atoms with Gasteiger partial charge in [0.15, 0.2) is 9.84 Å². The fraction of sp³-hybridized carbons (Fsp3) is 0.300. The number of hydrogen-bond acceptors (Lipinski definition) is 5. The number of benzene rings is 1. The predicted molar refractivity (Wildman–Crippen MR) is 104 cm³/mol. The van der Waals surface area contributed by atoms with Gasteiger partial charge >= 0.3 is 0 Å². The highest BCUT2D eigenvalue weighted by Gasteiger charge is 2.24. The van der Waals surface area contributed by atoms with Gasteiger partial charge in [-0.15, -0.1) is 0 Å². The maximum Gasteiger partial charge on any atom is 0.258 e. The zero-order valence-electron chi connectivity index (χ0n) is 15.2. The summed E-state index contributed by atoms with van der Waals surface area (Å²) in [5.41, 5.74) is 1.18. The molecular formula is C20H20N2O4S. The molecule has 7 heteroatoms. The van der Waals surface area contributed by atoms with E-state index in [2.05, 4.69) is 4.98 Å². The Morgan fingerprint density at radius 3 is 2.56 bits per heavy atom. The van der Waals surface area contributed by atoms with Crippen molar-refractivity contribution in [3.8, 4) is 17.0 Å². The van der Waals surface area contributed by atoms with Crippen molar-refractivity contribution < 1.29 is 13.2 Å². The van der Waals surface area contributed by atoms with Crippen LogP contribution in [0.2, 0.25) is 0 Å². The van der Waals surface area contributed by atoms with Crippen molar-refractivity contribution in [1.82, 2.24) is 9.55 Å². The van der Waals surface area contributed by atoms with E-state index in [0.717, 1.165) is 30.0 Å². The van der Waals surface area contributed by atoms with Crippen LogP contribution in [0.15, 0.2) is 52.4 Å². The van der Waals surface area contributed by atoms with Crippen LogP contribution >= 0.6 is 0 Å². The molecule has 27 heavy (non-hydrogen) atoms. The van der Waals surface area contributed by atoms with E-state index in [1.807, 2.05) is 18.2 Å². The Morgan fingerprint density at radius 2 is 1.89 bits per heavy atom. The summed E-state index contributed by atoms with van der Waals surface area (Å²) in [5.74, 6) is 0.921. The molecule has 0 unspecified atom stereocenters. The van der Waals surface area contributed by atoms with Crippen LogP contribution < -0.4 is 10.3 Å². The van der Waals surface area contributed by atoms with Crippen molar-refractivity contribution in [2.75, 3.05) is 12.9 Å². The van der Waals surface area contributed by atoms with E-state index in [0.29, 0.717) is 29.4 Å². The van der Waals surface area contributed by atoms with Crippen LogP contribution in [0.4, 0.5) is 0 Å². The van der Waals surface area contributed by atoms with Crippen molar-refractivity contribution in [3.63, 3.8) is 0 Å². The molecule has 0 radical (unpaired) electrons. The lowest BCUT2D eigenvalue weighted by Crippen LogP contribution is -2.16. The Labute approximate surface area is 157 Å². The van der Waals surface area contributed by atoms with Crippen LogP contribution in [-0.4, -0.2) is 30.8 Å². The molecular weight excluding hydrogens is 364 g/mol. The zero-order valence-corrected chi connectivity index (χ0v) is 16.0. The van der Waals surface area contributed by atoms with Crippen molar-refractivity contribution in [2.45, 2.75) is 17.7 Å². The third-order valence-corrected chi connectivity index (χ3v) is 5.87. The van der Waals surface area contributed by atoms with E-state index in [4.69, 9.17) is 4.74 Å². The van der Waals surface area contributed by atoms with Gasteiger partial charge in [-0.3, -0.25) is 4.79 Å². The highest BCUT2D eigenvalue weighted by molar-refractivity contribution is 7.90. The molecule has 4 rings (SSSR count). The minimum absolute atomic E-state index is 0.109. The van der Waals surface area contributed by atoms with Crippen LogP contribution in [0.25, 0.3) is 21.9 Å². The van der Waals surface area contributed by atoms with Crippen LogP contribution in [0.3, 0.4) is 0 Å². The van der Waals surface area contributed by atoms with Crippen molar-refractivity contribution in [3.05, 3.63) is 53.1 Å². The molecule has 140 valence electrons. The third-order valence-electron chi connectivity index (χ3n) is 4.79. The summed E-state index contributed by atoms with van der Waals surface area (Å²) in [5, 5.41) is 1.31. The molecule has 3 aromatic rings. The van der Waals surface area contributed by atoms with Gasteiger partial charge in [0.1, 0.15) is 0 Å². The molecule has 0 N–H and O–H groups in total. The fourth-order valence-electron chi connectivity index (χ4n) is 3.06. The number of hydrogen-bond donors (Lipinski definition) is 0. The lowest BCUT2D eigenvalue weighted by atomic mass is 10.0. The maximum absolute atomic E-state index is 12.5. The van der Waals surface area contributed by atoms with Gasteiger partial charge in [0.2, 0.25) is 5.88 Å². The standard InChI is InChI=1S/C20H20N2O4S/c1-22-11-18(15-5-3-4-6-16(15)20(22)23)17-9-14(27(2,24)25)10-21-19(17)26-12-13-7-8-13/h3-6,9-11,13H,7-8,12H2,1-2H3. The van der Waals surface area contributed by atoms with Crippen LogP contribution in [0, 0.1) is 5.92 Å². The van der Waals surface area contributed by atoms with Crippen LogP contribution in [0.1, 0.15) is 12.8 Å². The van der Waals surface area contributed by atoms with E-state index < -0.39 is 9.84 Å². The van der Waals surface area contributed by atoms with Crippen LogP contribution in [0.5, 0.6) is 5.88 Å². The molecule has 0 saturated heterocycles. The van der Waals surface area contributed by atoms with E-state index in [-0.39, 0.29) is 10.5 Å². The Bertz CT molecular complexity index is 1190. The average molecular weight is 384 g/mol. The SMILES string of the molecule is Cn1cc(-c2cc(S(C)(=O)=O)cnc2OCC2CC2)c2ccccc2c1=O. The smallest absolute Gasteiger partial charge is 0.258 e. The van der Waals surface area contributed by atoms with Gasteiger partial charge in [-0.2, -0.15) is 0 Å². The molecule has 0 bridgehead atoms. The Hall–Kier alpha value is -2.67. The first-order valence-corrected chi connectivity index (χ1v) is 10.7. The summed E-state index contributed by atoms with van der Waals surface area (Å²) in [7, 11) is -1.75. The van der Waals surface area contributed by atoms with Crippen molar-refractivity contribution in [1.29, 1.82) is 0 Å². The first-order chi connectivity index (χ1) is 12.8. The normalized spacial score (nSPS) is 14.4. The molecule has 2 heterocycles. The predicted octanol–water partition coefficient (Wildman–Crippen LogP) is 2.79. The summed E-state index contributed by atoms with van der Waals surface area (Å²) in [4.78, 5) is 16.9. The highest BCUT2D eigenvalue weighted by atomic mass is 32.2. The van der Waals surface area contributed by atoms with E-state index in [1.165, 1.54) is 10.8 Å². The molecule has 0 amide bonds. The van der Waals surface area contributed by atoms with Crippen molar-refractivity contribution in [2.24, 2.45) is 13.0 Å². The molecule has 0 spiro atoms. The Balaban J connectivity index is 1.97. The number of sulfone groups is 1. The number of rotatable bonds is 5. The van der Waals surface area contributed by atoms with E-state index in [9.17, 15) is 13.2 Å². The topological polar surface area (TPSA) is 78.3 Å². The minimum atomic E-state index is -3.43. The van der Waals surface area contributed by atoms with Gasteiger partial charge < -0.3 is 9.30 Å². The number of aromatic nitrogens is 2. The largest absolute Gasteiger partial charge is 0.477 e. The molecule has 6 nitrogen and oxygen atoms in total. The number of nitrogens with zero attached hydrogens (tertiary/aromatic N) is 2. The number of pyridine rings is 2. The summed E-state index contributed by atoms with van der Waals surface area (Å²) >= 11 is 0. The second-order valence-electron chi connectivity index (χ2n) is 7.05. The van der Waals surface area contributed by atoms with Gasteiger partial charge in [0, 0.05) is 42.2 Å². The second-order valence-corrected chi connectivity index (χ2v) is 9.07. The quantitative estimate of drug-likeness (QED) is 0.676. The number of fused-ring (bicyclic) bond motifs is 1. The van der Waals surface area contributed by atoms with E-state index >= 15 is 0 Å². The maximum atomic E-state index is 12.5. The second kappa shape index (κ2) is 6.49. The van der Waals surface area contributed by atoms with Gasteiger partial charge in [-0.1, -0.05) is 18.2 Å². The first kappa shape index (κ1) is 17.7. The fourth-order valence-corrected chi connectivity index (χ4v) is 3.63. The lowest BCUT2D eigenvalue weighted by molar-refractivity contribution is 0.289. The number of ether oxygens (including phenoxy) is 1. The van der Waals surface area contributed by atoms with Gasteiger partial charge in [-0.25, -0.2) is 13.4 Å². The lowest BCUT2D eigenvalue weighted by Gasteiger charge is -2.14. The molecule has 1 aliphatic rings. The monoisotopic (exact) mass is 384 g/mol. The highest BCUT2D eigenvalue weighted by Crippen LogP contribution is 2.36. The number of aryl methyl sites for hydroxylation is 1. The van der Waals surface area contributed by atoms with Gasteiger partial charge in [0.05, 0.1) is 11.5 Å². The molecule has 2 aromatic heterocycles. The average Bonchev–Trinajstić information content (AvgIpc) is 3.47. The molecule has 1 aromatic carbocycles. The molecule has 0 atom stereocenters. The molecule has 0 aliphatic heterocycles. The summed E-state index contributed by atoms with van der Waals surface area (Å²) in [6, 6.07) is 8.85. The molecule has 1 fully saturated rings. The molecule has 1 saturated carbocycles. The molecule has 1 aliphatic carbocycles. The summed E-state index contributed by atoms with van der Waals surface area (Å²) in [6.45, 7) is 0.557. The van der Waals surface area contributed by atoms with Gasteiger partial charge in [-0.05, 0) is 36.3 Å². The Kier molecular flexibility index (Phi) is 4.26. The third kappa shape index (κ3) is 3.47. The summed E-state index contributed by atoms with van der Waals surface area (Å²) < 4.78 is 31.5. The Morgan fingerprint density at radius 1 is 1.19 bits per heavy atom. The van der Waals surface area contributed by atoms with Crippen LogP contribution in [-0.2, 0) is 16.9 Å². The zero-order chi connectivity index (χ0) is 19.2. The van der Waals surface area contributed by atoms with E-state index in [1.54, 1.807) is 25.4 Å². The minimum Gasteiger partial charge on any atom is -0.477 e. The first-order valence-electron chi connectivity index (χ1n) is 8.76. The van der Waals surface area contributed by atoms with Crippen molar-refractivity contribution >= 4 is 20.6 Å².